The summed E-state index contributed by atoms with van der Waals surface area (Å²) in [5, 5.41) is 12.8. The molecule has 1 rings (SSSR count). The van der Waals surface area contributed by atoms with Crippen molar-refractivity contribution < 1.29 is 31.9 Å². The van der Waals surface area contributed by atoms with Crippen molar-refractivity contribution in [2.45, 2.75) is 12.5 Å². The minimum absolute atomic E-state index is 0.240. The maximum atomic E-state index is 13.0. The second-order valence-corrected chi connectivity index (χ2v) is 3.78. The van der Waals surface area contributed by atoms with Crippen molar-refractivity contribution in [3.05, 3.63) is 35.1 Å². The first kappa shape index (κ1) is 16.2. The maximum Gasteiger partial charge on any atom is 0.315 e. The zero-order valence-electron chi connectivity index (χ0n) is 9.97. The molecule has 0 radical (unpaired) electrons. The first-order chi connectivity index (χ1) is 9.35. The van der Waals surface area contributed by atoms with Gasteiger partial charge < -0.3 is 15.7 Å². The summed E-state index contributed by atoms with van der Waals surface area (Å²) in [7, 11) is 0. The molecule has 0 spiro atoms. The Labute approximate surface area is 110 Å². The van der Waals surface area contributed by atoms with Crippen molar-refractivity contribution in [2.24, 2.45) is 0 Å². The summed E-state index contributed by atoms with van der Waals surface area (Å²) in [6.07, 6.45) is -2.77. The molecule has 0 saturated heterocycles. The van der Waals surface area contributed by atoms with Crippen molar-refractivity contribution in [3.63, 3.8) is 0 Å². The van der Waals surface area contributed by atoms with Gasteiger partial charge in [0.1, 0.15) is 0 Å². The van der Waals surface area contributed by atoms with E-state index in [2.05, 4.69) is 0 Å². The molecule has 3 N–H and O–H groups in total. The third-order valence-electron chi connectivity index (χ3n) is 2.31. The number of halogens is 5. The molecule has 1 unspecified atom stereocenters. The average Bonchev–Trinajstić information content (AvgIpc) is 2.39. The second-order valence-electron chi connectivity index (χ2n) is 3.78. The van der Waals surface area contributed by atoms with E-state index in [1.807, 2.05) is 5.32 Å². The molecule has 20 heavy (non-hydrogen) atoms. The van der Waals surface area contributed by atoms with E-state index in [4.69, 9.17) is 5.11 Å². The molecule has 9 heteroatoms. The summed E-state index contributed by atoms with van der Waals surface area (Å²) in [6, 6.07) is -1.15. The van der Waals surface area contributed by atoms with Gasteiger partial charge in [0.15, 0.2) is 17.5 Å². The number of rotatable bonds is 5. The van der Waals surface area contributed by atoms with Crippen LogP contribution in [0.25, 0.3) is 0 Å². The van der Waals surface area contributed by atoms with Crippen LogP contribution >= 0.6 is 0 Å². The third kappa shape index (κ3) is 4.34. The Balaban J connectivity index is 2.78. The first-order valence-electron chi connectivity index (χ1n) is 5.43. The average molecular weight is 298 g/mol. The lowest BCUT2D eigenvalue weighted by atomic mass is 10.1. The molecule has 4 nitrogen and oxygen atoms in total. The van der Waals surface area contributed by atoms with Crippen LogP contribution < -0.4 is 10.6 Å². The van der Waals surface area contributed by atoms with Gasteiger partial charge in [-0.15, -0.1) is 0 Å². The predicted molar refractivity (Wildman–Crippen MR) is 58.7 cm³/mol. The molecule has 0 saturated carbocycles. The summed E-state index contributed by atoms with van der Waals surface area (Å²) in [6.45, 7) is -1.68. The van der Waals surface area contributed by atoms with Gasteiger partial charge in [-0.05, 0) is 17.7 Å². The van der Waals surface area contributed by atoms with Crippen LogP contribution in [0.3, 0.4) is 0 Å². The van der Waals surface area contributed by atoms with Crippen LogP contribution in [0.1, 0.15) is 11.6 Å². The lowest BCUT2D eigenvalue weighted by molar-refractivity contribution is 0.145. The Morgan fingerprint density at radius 1 is 1.20 bits per heavy atom. The molecule has 2 amide bonds. The molecular weight excluding hydrogens is 287 g/mol. The summed E-state index contributed by atoms with van der Waals surface area (Å²) < 4.78 is 62.5. The van der Waals surface area contributed by atoms with Gasteiger partial charge in [0, 0.05) is 0 Å². The highest BCUT2D eigenvalue weighted by molar-refractivity contribution is 5.74. The fraction of sp³-hybridized carbons (Fsp3) is 0.364. The lowest BCUT2D eigenvalue weighted by Crippen LogP contribution is -2.41. The highest BCUT2D eigenvalue weighted by Gasteiger charge is 2.19. The smallest absolute Gasteiger partial charge is 0.315 e. The Kier molecular flexibility index (Phi) is 5.68. The van der Waals surface area contributed by atoms with Crippen molar-refractivity contribution in [3.8, 4) is 0 Å². The fourth-order valence-corrected chi connectivity index (χ4v) is 1.39. The summed E-state index contributed by atoms with van der Waals surface area (Å²) in [5.41, 5.74) is -0.240. The number of urea groups is 1. The van der Waals surface area contributed by atoms with E-state index < -0.39 is 49.1 Å². The topological polar surface area (TPSA) is 61.4 Å². The molecule has 1 atom stereocenters. The summed E-state index contributed by atoms with van der Waals surface area (Å²) in [4.78, 5) is 11.2. The normalized spacial score (nSPS) is 12.3. The number of carbonyl (C=O) groups excluding carboxylic acids is 1. The van der Waals surface area contributed by atoms with Gasteiger partial charge in [-0.2, -0.15) is 0 Å². The number of aliphatic hydroxyl groups excluding tert-OH is 1. The van der Waals surface area contributed by atoms with E-state index in [0.717, 1.165) is 0 Å². The number of hydrogen-bond donors (Lipinski definition) is 3. The number of aliphatic hydroxyl groups is 1. The predicted octanol–water partition coefficient (Wildman–Crippen LogP) is 1.70. The van der Waals surface area contributed by atoms with E-state index in [1.54, 1.807) is 5.32 Å². The lowest BCUT2D eigenvalue weighted by Gasteiger charge is -2.17. The Hall–Kier alpha value is -1.90. The number of amides is 2. The second kappa shape index (κ2) is 7.04. The molecule has 0 bridgehead atoms. The van der Waals surface area contributed by atoms with Crippen molar-refractivity contribution in [1.82, 2.24) is 10.6 Å². The fourth-order valence-electron chi connectivity index (χ4n) is 1.39. The highest BCUT2D eigenvalue weighted by atomic mass is 19.3. The molecular formula is C11H11F5N2O2. The number of carbonyl (C=O) groups is 1. The van der Waals surface area contributed by atoms with Gasteiger partial charge in [-0.3, -0.25) is 0 Å². The third-order valence-corrected chi connectivity index (χ3v) is 2.31. The number of hydrogen-bond acceptors (Lipinski definition) is 2. The first-order valence-corrected chi connectivity index (χ1v) is 5.43. The minimum atomic E-state index is -2.77. The molecule has 0 aromatic heterocycles. The van der Waals surface area contributed by atoms with E-state index in [9.17, 15) is 26.7 Å². The molecule has 0 heterocycles. The monoisotopic (exact) mass is 298 g/mol. The van der Waals surface area contributed by atoms with Crippen molar-refractivity contribution >= 4 is 6.03 Å². The van der Waals surface area contributed by atoms with Gasteiger partial charge in [0.05, 0.1) is 19.2 Å². The largest absolute Gasteiger partial charge is 0.394 e. The molecule has 0 aliphatic heterocycles. The standard InChI is InChI=1S/C11H11F5N2O2/c12-6-1-5(2-7(13)10(6)16)8(4-19)18-11(20)17-3-9(14)15/h1-2,8-9,19H,3-4H2,(H2,17,18,20). The summed E-state index contributed by atoms with van der Waals surface area (Å²) >= 11 is 0. The van der Waals surface area contributed by atoms with Crippen LogP contribution in [0.5, 0.6) is 0 Å². The molecule has 0 aliphatic rings. The van der Waals surface area contributed by atoms with Crippen LogP contribution in [-0.2, 0) is 0 Å². The van der Waals surface area contributed by atoms with Crippen LogP contribution in [0.2, 0.25) is 0 Å². The van der Waals surface area contributed by atoms with E-state index in [0.29, 0.717) is 12.1 Å². The Morgan fingerprint density at radius 2 is 1.75 bits per heavy atom. The maximum absolute atomic E-state index is 13.0. The quantitative estimate of drug-likeness (QED) is 0.572. The zero-order valence-corrected chi connectivity index (χ0v) is 9.97. The molecule has 1 aromatic rings. The van der Waals surface area contributed by atoms with Gasteiger partial charge >= 0.3 is 6.03 Å². The van der Waals surface area contributed by atoms with Gasteiger partial charge in [-0.1, -0.05) is 0 Å². The van der Waals surface area contributed by atoms with Crippen LogP contribution in [0.4, 0.5) is 26.7 Å². The van der Waals surface area contributed by atoms with E-state index in [1.165, 1.54) is 0 Å². The molecule has 0 fully saturated rings. The molecule has 112 valence electrons. The summed E-state index contributed by atoms with van der Waals surface area (Å²) in [5.74, 6) is -4.67. The van der Waals surface area contributed by atoms with Crippen LogP contribution in [0, 0.1) is 17.5 Å². The van der Waals surface area contributed by atoms with Crippen molar-refractivity contribution in [2.75, 3.05) is 13.2 Å². The molecule has 0 aliphatic carbocycles. The van der Waals surface area contributed by atoms with Crippen LogP contribution in [0.15, 0.2) is 12.1 Å². The minimum Gasteiger partial charge on any atom is -0.394 e. The Bertz CT molecular complexity index is 461. The van der Waals surface area contributed by atoms with Crippen LogP contribution in [-0.4, -0.2) is 30.7 Å². The van der Waals surface area contributed by atoms with E-state index >= 15 is 0 Å². The molecule has 1 aromatic carbocycles. The van der Waals surface area contributed by atoms with Gasteiger partial charge in [0.2, 0.25) is 0 Å². The zero-order chi connectivity index (χ0) is 15.3. The number of alkyl halides is 2. The van der Waals surface area contributed by atoms with E-state index in [-0.39, 0.29) is 5.56 Å². The Morgan fingerprint density at radius 3 is 2.20 bits per heavy atom. The number of benzene rings is 1. The van der Waals surface area contributed by atoms with Gasteiger partial charge in [-0.25, -0.2) is 26.7 Å². The number of nitrogens with one attached hydrogen (secondary N) is 2. The van der Waals surface area contributed by atoms with Gasteiger partial charge in [0.25, 0.3) is 6.43 Å². The highest BCUT2D eigenvalue weighted by Crippen LogP contribution is 2.19. The SMILES string of the molecule is O=C(NCC(F)F)NC(CO)c1cc(F)c(F)c(F)c1. The van der Waals surface area contributed by atoms with Crippen molar-refractivity contribution in [1.29, 1.82) is 0 Å².